The van der Waals surface area contributed by atoms with Crippen molar-refractivity contribution < 1.29 is 13.9 Å². The van der Waals surface area contributed by atoms with E-state index < -0.39 is 0 Å². The number of nitrogens with zero attached hydrogens (tertiary/aromatic N) is 1. The number of rotatable bonds is 8. The number of halogens is 1. The summed E-state index contributed by atoms with van der Waals surface area (Å²) >= 11 is 0. The molecule has 24 heavy (non-hydrogen) atoms. The average Bonchev–Trinajstić information content (AvgIpc) is 2.59. The van der Waals surface area contributed by atoms with E-state index in [1.807, 2.05) is 24.3 Å². The maximum absolute atomic E-state index is 12.8. The lowest BCUT2D eigenvalue weighted by Gasteiger charge is -2.07. The molecule has 0 aliphatic rings. The lowest BCUT2D eigenvalue weighted by atomic mass is 10.3. The SMILES string of the molecule is COc1cccc(NC(N)=NCCCCOc2ccc(F)cc2)c1. The molecule has 0 bridgehead atoms. The number of ether oxygens (including phenoxy) is 2. The van der Waals surface area contributed by atoms with Crippen LogP contribution in [0.1, 0.15) is 12.8 Å². The van der Waals surface area contributed by atoms with Gasteiger partial charge in [0, 0.05) is 18.3 Å². The highest BCUT2D eigenvalue weighted by molar-refractivity contribution is 5.92. The molecule has 0 aromatic heterocycles. The fourth-order valence-electron chi connectivity index (χ4n) is 2.02. The minimum absolute atomic E-state index is 0.268. The van der Waals surface area contributed by atoms with Crippen molar-refractivity contribution >= 4 is 11.6 Å². The van der Waals surface area contributed by atoms with E-state index in [-0.39, 0.29) is 5.82 Å². The zero-order valence-corrected chi connectivity index (χ0v) is 13.7. The summed E-state index contributed by atoms with van der Waals surface area (Å²) in [6.07, 6.45) is 1.69. The van der Waals surface area contributed by atoms with Crippen LogP contribution in [-0.2, 0) is 0 Å². The van der Waals surface area contributed by atoms with Crippen LogP contribution in [0, 0.1) is 5.82 Å². The number of hydrogen-bond donors (Lipinski definition) is 2. The number of nitrogens with one attached hydrogen (secondary N) is 1. The van der Waals surface area contributed by atoms with Crippen LogP contribution >= 0.6 is 0 Å². The monoisotopic (exact) mass is 331 g/mol. The van der Waals surface area contributed by atoms with Gasteiger partial charge in [0.05, 0.1) is 13.7 Å². The smallest absolute Gasteiger partial charge is 0.193 e. The molecule has 0 atom stereocenters. The van der Waals surface area contributed by atoms with Gasteiger partial charge in [-0.25, -0.2) is 4.39 Å². The Morgan fingerprint density at radius 1 is 1.12 bits per heavy atom. The lowest BCUT2D eigenvalue weighted by Crippen LogP contribution is -2.22. The summed E-state index contributed by atoms with van der Waals surface area (Å²) in [7, 11) is 1.62. The third-order valence-electron chi connectivity index (χ3n) is 3.26. The molecule has 0 fully saturated rings. The topological polar surface area (TPSA) is 68.9 Å². The molecule has 0 saturated heterocycles. The van der Waals surface area contributed by atoms with E-state index in [2.05, 4.69) is 10.3 Å². The van der Waals surface area contributed by atoms with E-state index in [1.54, 1.807) is 19.2 Å². The van der Waals surface area contributed by atoms with Crippen LogP contribution in [0.25, 0.3) is 0 Å². The predicted octanol–water partition coefficient (Wildman–Crippen LogP) is 3.42. The van der Waals surface area contributed by atoms with E-state index in [4.69, 9.17) is 15.2 Å². The molecular formula is C18H22FN3O2. The Morgan fingerprint density at radius 3 is 2.67 bits per heavy atom. The molecule has 2 aromatic carbocycles. The van der Waals surface area contributed by atoms with Gasteiger partial charge in [0.25, 0.3) is 0 Å². The Kier molecular flexibility index (Phi) is 6.89. The predicted molar refractivity (Wildman–Crippen MR) is 94.2 cm³/mol. The van der Waals surface area contributed by atoms with Gasteiger partial charge in [0.1, 0.15) is 17.3 Å². The van der Waals surface area contributed by atoms with Crippen molar-refractivity contribution in [3.05, 3.63) is 54.3 Å². The first-order chi connectivity index (χ1) is 11.7. The van der Waals surface area contributed by atoms with Gasteiger partial charge < -0.3 is 20.5 Å². The Balaban J connectivity index is 1.64. The molecule has 0 aliphatic carbocycles. The normalized spacial score (nSPS) is 11.2. The first-order valence-corrected chi connectivity index (χ1v) is 7.77. The molecule has 0 unspecified atom stereocenters. The highest BCUT2D eigenvalue weighted by Crippen LogP contribution is 2.16. The lowest BCUT2D eigenvalue weighted by molar-refractivity contribution is 0.307. The van der Waals surface area contributed by atoms with Crippen molar-refractivity contribution in [2.75, 3.05) is 25.6 Å². The summed E-state index contributed by atoms with van der Waals surface area (Å²) in [6.45, 7) is 1.17. The third-order valence-corrected chi connectivity index (χ3v) is 3.26. The highest BCUT2D eigenvalue weighted by atomic mass is 19.1. The summed E-state index contributed by atoms with van der Waals surface area (Å²) in [5.41, 5.74) is 6.68. The number of methoxy groups -OCH3 is 1. The van der Waals surface area contributed by atoms with Crippen LogP contribution in [-0.4, -0.2) is 26.2 Å². The van der Waals surface area contributed by atoms with Gasteiger partial charge in [-0.15, -0.1) is 0 Å². The van der Waals surface area contributed by atoms with Gasteiger partial charge in [0.2, 0.25) is 0 Å². The van der Waals surface area contributed by atoms with Gasteiger partial charge in [-0.1, -0.05) is 6.07 Å². The Labute approximate surface area is 141 Å². The van der Waals surface area contributed by atoms with Crippen molar-refractivity contribution in [2.45, 2.75) is 12.8 Å². The molecular weight excluding hydrogens is 309 g/mol. The second-order valence-electron chi connectivity index (χ2n) is 5.13. The van der Waals surface area contributed by atoms with Crippen LogP contribution in [0.3, 0.4) is 0 Å². The second-order valence-corrected chi connectivity index (χ2v) is 5.13. The summed E-state index contributed by atoms with van der Waals surface area (Å²) in [6, 6.07) is 13.5. The standard InChI is InChI=1S/C18H22FN3O2/c1-23-17-6-4-5-15(13-17)22-18(20)21-11-2-3-12-24-16-9-7-14(19)8-10-16/h4-10,13H,2-3,11-12H2,1H3,(H3,20,21,22). The number of aliphatic imine (C=N–C) groups is 1. The minimum atomic E-state index is -0.268. The van der Waals surface area contributed by atoms with Crippen molar-refractivity contribution in [1.82, 2.24) is 0 Å². The van der Waals surface area contributed by atoms with Crippen molar-refractivity contribution in [3.8, 4) is 11.5 Å². The summed E-state index contributed by atoms with van der Waals surface area (Å²) in [5, 5.41) is 3.02. The van der Waals surface area contributed by atoms with Gasteiger partial charge in [-0.3, -0.25) is 4.99 Å². The number of benzene rings is 2. The maximum Gasteiger partial charge on any atom is 0.193 e. The largest absolute Gasteiger partial charge is 0.497 e. The van der Waals surface area contributed by atoms with Crippen LogP contribution in [0.4, 0.5) is 10.1 Å². The number of hydrogen-bond acceptors (Lipinski definition) is 3. The van der Waals surface area contributed by atoms with Crippen LogP contribution < -0.4 is 20.5 Å². The van der Waals surface area contributed by atoms with Crippen LogP contribution in [0.5, 0.6) is 11.5 Å². The molecule has 0 heterocycles. The molecule has 5 nitrogen and oxygen atoms in total. The number of nitrogens with two attached hydrogens (primary N) is 1. The minimum Gasteiger partial charge on any atom is -0.497 e. The first kappa shape index (κ1) is 17.6. The highest BCUT2D eigenvalue weighted by Gasteiger charge is 1.98. The molecule has 0 spiro atoms. The molecule has 128 valence electrons. The summed E-state index contributed by atoms with van der Waals surface area (Å²) in [4.78, 5) is 4.27. The Morgan fingerprint density at radius 2 is 1.92 bits per heavy atom. The zero-order valence-electron chi connectivity index (χ0n) is 13.7. The fourth-order valence-corrected chi connectivity index (χ4v) is 2.02. The van der Waals surface area contributed by atoms with E-state index in [0.29, 0.717) is 24.9 Å². The maximum atomic E-state index is 12.8. The molecule has 0 amide bonds. The molecule has 0 saturated carbocycles. The number of guanidine groups is 1. The number of unbranched alkanes of at least 4 members (excludes halogenated alkanes) is 1. The molecule has 3 N–H and O–H groups in total. The number of anilines is 1. The Hall–Kier alpha value is -2.76. The molecule has 0 radical (unpaired) electrons. The van der Waals surface area contributed by atoms with Crippen LogP contribution in [0.15, 0.2) is 53.5 Å². The molecule has 2 rings (SSSR count). The zero-order chi connectivity index (χ0) is 17.2. The third kappa shape index (κ3) is 6.16. The van der Waals surface area contributed by atoms with Crippen molar-refractivity contribution in [2.24, 2.45) is 10.7 Å². The van der Waals surface area contributed by atoms with E-state index in [1.165, 1.54) is 12.1 Å². The summed E-state index contributed by atoms with van der Waals surface area (Å²) < 4.78 is 23.4. The van der Waals surface area contributed by atoms with Gasteiger partial charge in [-0.2, -0.15) is 0 Å². The fraction of sp³-hybridized carbons (Fsp3) is 0.278. The molecule has 2 aromatic rings. The van der Waals surface area contributed by atoms with E-state index in [0.717, 1.165) is 24.3 Å². The van der Waals surface area contributed by atoms with Gasteiger partial charge >= 0.3 is 0 Å². The molecule has 6 heteroatoms. The van der Waals surface area contributed by atoms with Crippen molar-refractivity contribution in [1.29, 1.82) is 0 Å². The second kappa shape index (κ2) is 9.39. The molecule has 0 aliphatic heterocycles. The van der Waals surface area contributed by atoms with E-state index in [9.17, 15) is 4.39 Å². The van der Waals surface area contributed by atoms with Crippen LogP contribution in [0.2, 0.25) is 0 Å². The summed E-state index contributed by atoms with van der Waals surface area (Å²) in [5.74, 6) is 1.52. The van der Waals surface area contributed by atoms with Gasteiger partial charge in [0.15, 0.2) is 5.96 Å². The quantitative estimate of drug-likeness (QED) is 0.442. The Bertz CT molecular complexity index is 660. The average molecular weight is 331 g/mol. The first-order valence-electron chi connectivity index (χ1n) is 7.77. The van der Waals surface area contributed by atoms with Crippen molar-refractivity contribution in [3.63, 3.8) is 0 Å². The van der Waals surface area contributed by atoms with E-state index >= 15 is 0 Å². The van der Waals surface area contributed by atoms with Gasteiger partial charge in [-0.05, 0) is 49.2 Å².